The van der Waals surface area contributed by atoms with Gasteiger partial charge in [-0.25, -0.2) is 0 Å². The smallest absolute Gasteiger partial charge is 0.0624 e. The van der Waals surface area contributed by atoms with Gasteiger partial charge < -0.3 is 10.8 Å². The number of halogens is 1. The average Bonchev–Trinajstić information content (AvgIpc) is 2.31. The third-order valence-electron chi connectivity index (χ3n) is 4.10. The number of aliphatic hydroxyl groups excluding tert-OH is 1. The van der Waals surface area contributed by atoms with E-state index in [-0.39, 0.29) is 11.3 Å². The molecule has 3 heteroatoms. The van der Waals surface area contributed by atoms with Gasteiger partial charge in [-0.2, -0.15) is 0 Å². The molecule has 3 N–H and O–H groups in total. The van der Waals surface area contributed by atoms with Crippen LogP contribution in [0.2, 0.25) is 0 Å². The van der Waals surface area contributed by atoms with Crippen LogP contribution in [-0.2, 0) is 0 Å². The fraction of sp³-hybridized carbons (Fsp3) is 0.625. The van der Waals surface area contributed by atoms with Crippen molar-refractivity contribution in [2.75, 3.05) is 6.54 Å². The Morgan fingerprint density at radius 2 is 1.84 bits per heavy atom. The second kappa shape index (κ2) is 6.87. The maximum atomic E-state index is 10.5. The normalized spacial score (nSPS) is 17.0. The number of aliphatic hydroxyl groups is 1. The number of nitrogens with two attached hydrogens (primary N) is 1. The lowest BCUT2D eigenvalue weighted by Gasteiger charge is -2.32. The molecule has 0 aromatic heterocycles. The largest absolute Gasteiger partial charge is 0.392 e. The molecule has 1 aromatic carbocycles. The van der Waals surface area contributed by atoms with Gasteiger partial charge in [-0.1, -0.05) is 61.8 Å². The molecule has 0 aliphatic carbocycles. The fourth-order valence-electron chi connectivity index (χ4n) is 2.15. The monoisotopic (exact) mass is 327 g/mol. The molecule has 2 nitrogen and oxygen atoms in total. The van der Waals surface area contributed by atoms with E-state index >= 15 is 0 Å². The van der Waals surface area contributed by atoms with Crippen molar-refractivity contribution in [2.24, 2.45) is 17.1 Å². The highest BCUT2D eigenvalue weighted by Crippen LogP contribution is 2.34. The Labute approximate surface area is 125 Å². The molecule has 0 aliphatic rings. The Morgan fingerprint density at radius 1 is 1.26 bits per heavy atom. The molecule has 0 spiro atoms. The second-order valence-corrected chi connectivity index (χ2v) is 7.29. The van der Waals surface area contributed by atoms with E-state index in [4.69, 9.17) is 5.73 Å². The first kappa shape index (κ1) is 16.7. The second-order valence-electron chi connectivity index (χ2n) is 6.43. The predicted octanol–water partition coefficient (Wildman–Crippen LogP) is 3.92. The van der Waals surface area contributed by atoms with E-state index in [2.05, 4.69) is 43.6 Å². The lowest BCUT2D eigenvalue weighted by atomic mass is 9.76. The van der Waals surface area contributed by atoms with Crippen LogP contribution in [0.1, 0.15) is 45.6 Å². The molecule has 0 saturated carbocycles. The molecule has 19 heavy (non-hydrogen) atoms. The standard InChI is InChI=1S/C16H26BrNO/c1-11(16(2,3)4)9-15(19)13(10-18)12-7-5-6-8-14(12)17/h5-8,11,13,15,19H,9-10,18H2,1-4H3. The molecule has 108 valence electrons. The summed E-state index contributed by atoms with van der Waals surface area (Å²) in [7, 11) is 0. The summed E-state index contributed by atoms with van der Waals surface area (Å²) in [6.45, 7) is 9.28. The summed E-state index contributed by atoms with van der Waals surface area (Å²) in [6, 6.07) is 8.00. The number of rotatable bonds is 5. The van der Waals surface area contributed by atoms with E-state index in [0.29, 0.717) is 12.5 Å². The Bertz CT molecular complexity index is 400. The van der Waals surface area contributed by atoms with Crippen LogP contribution < -0.4 is 5.73 Å². The zero-order chi connectivity index (χ0) is 14.6. The number of benzene rings is 1. The summed E-state index contributed by atoms with van der Waals surface area (Å²) in [4.78, 5) is 0. The Kier molecular flexibility index (Phi) is 6.03. The summed E-state index contributed by atoms with van der Waals surface area (Å²) in [5.41, 5.74) is 7.18. The van der Waals surface area contributed by atoms with Crippen molar-refractivity contribution in [3.05, 3.63) is 34.3 Å². The van der Waals surface area contributed by atoms with Gasteiger partial charge in [0.05, 0.1) is 6.10 Å². The lowest BCUT2D eigenvalue weighted by molar-refractivity contribution is 0.0893. The Hall–Kier alpha value is -0.380. The quantitative estimate of drug-likeness (QED) is 0.860. The third kappa shape index (κ3) is 4.59. The van der Waals surface area contributed by atoms with Crippen molar-refractivity contribution in [1.29, 1.82) is 0 Å². The number of hydrogen-bond acceptors (Lipinski definition) is 2. The van der Waals surface area contributed by atoms with E-state index in [1.807, 2.05) is 24.3 Å². The molecule has 3 atom stereocenters. The van der Waals surface area contributed by atoms with Crippen molar-refractivity contribution in [1.82, 2.24) is 0 Å². The van der Waals surface area contributed by atoms with Crippen LogP contribution in [0, 0.1) is 11.3 Å². The van der Waals surface area contributed by atoms with Crippen molar-refractivity contribution < 1.29 is 5.11 Å². The van der Waals surface area contributed by atoms with Crippen molar-refractivity contribution in [3.8, 4) is 0 Å². The van der Waals surface area contributed by atoms with Crippen LogP contribution in [0.5, 0.6) is 0 Å². The molecule has 0 radical (unpaired) electrons. The van der Waals surface area contributed by atoms with Crippen LogP contribution in [0.3, 0.4) is 0 Å². The van der Waals surface area contributed by atoms with Crippen LogP contribution >= 0.6 is 15.9 Å². The van der Waals surface area contributed by atoms with Crippen molar-refractivity contribution >= 4 is 15.9 Å². The first-order valence-corrected chi connectivity index (χ1v) is 7.69. The lowest BCUT2D eigenvalue weighted by Crippen LogP contribution is -2.31. The van der Waals surface area contributed by atoms with Gasteiger partial charge in [-0.3, -0.25) is 0 Å². The highest BCUT2D eigenvalue weighted by atomic mass is 79.9. The highest BCUT2D eigenvalue weighted by molar-refractivity contribution is 9.10. The van der Waals surface area contributed by atoms with Crippen LogP contribution in [0.25, 0.3) is 0 Å². The van der Waals surface area contributed by atoms with Gasteiger partial charge in [0.2, 0.25) is 0 Å². The minimum atomic E-state index is -0.405. The number of hydrogen-bond donors (Lipinski definition) is 2. The molecular weight excluding hydrogens is 302 g/mol. The fourth-order valence-corrected chi connectivity index (χ4v) is 2.73. The molecule has 0 amide bonds. The van der Waals surface area contributed by atoms with Gasteiger partial charge in [-0.05, 0) is 29.4 Å². The molecule has 0 fully saturated rings. The van der Waals surface area contributed by atoms with E-state index in [9.17, 15) is 5.11 Å². The topological polar surface area (TPSA) is 46.2 Å². The molecule has 0 aliphatic heterocycles. The van der Waals surface area contributed by atoms with Gasteiger partial charge in [-0.15, -0.1) is 0 Å². The van der Waals surface area contributed by atoms with E-state index in [1.54, 1.807) is 0 Å². The maximum absolute atomic E-state index is 10.5. The van der Waals surface area contributed by atoms with E-state index in [1.165, 1.54) is 0 Å². The molecule has 1 rings (SSSR count). The molecule has 0 heterocycles. The Morgan fingerprint density at radius 3 is 2.32 bits per heavy atom. The van der Waals surface area contributed by atoms with Gasteiger partial charge in [0.25, 0.3) is 0 Å². The van der Waals surface area contributed by atoms with Gasteiger partial charge in [0, 0.05) is 16.9 Å². The summed E-state index contributed by atoms with van der Waals surface area (Å²) in [5, 5.41) is 10.5. The van der Waals surface area contributed by atoms with Crippen molar-refractivity contribution in [2.45, 2.75) is 46.1 Å². The minimum absolute atomic E-state index is 0.0135. The SMILES string of the molecule is CC(CC(O)C(CN)c1ccccc1Br)C(C)(C)C. The van der Waals surface area contributed by atoms with Gasteiger partial charge in [0.15, 0.2) is 0 Å². The average molecular weight is 328 g/mol. The first-order chi connectivity index (χ1) is 8.77. The molecule has 1 aromatic rings. The molecule has 0 saturated heterocycles. The predicted molar refractivity (Wildman–Crippen MR) is 85.2 cm³/mol. The first-order valence-electron chi connectivity index (χ1n) is 6.90. The third-order valence-corrected chi connectivity index (χ3v) is 4.82. The summed E-state index contributed by atoms with van der Waals surface area (Å²) >= 11 is 3.55. The van der Waals surface area contributed by atoms with Gasteiger partial charge in [0.1, 0.15) is 0 Å². The van der Waals surface area contributed by atoms with Crippen molar-refractivity contribution in [3.63, 3.8) is 0 Å². The Balaban J connectivity index is 2.84. The van der Waals surface area contributed by atoms with Crippen LogP contribution in [0.4, 0.5) is 0 Å². The van der Waals surface area contributed by atoms with E-state index in [0.717, 1.165) is 16.5 Å². The zero-order valence-electron chi connectivity index (χ0n) is 12.4. The van der Waals surface area contributed by atoms with Crippen LogP contribution in [-0.4, -0.2) is 17.8 Å². The van der Waals surface area contributed by atoms with E-state index < -0.39 is 6.10 Å². The summed E-state index contributed by atoms with van der Waals surface area (Å²) in [5.74, 6) is 0.430. The summed E-state index contributed by atoms with van der Waals surface area (Å²) in [6.07, 6.45) is 0.366. The highest BCUT2D eigenvalue weighted by Gasteiger charge is 2.28. The summed E-state index contributed by atoms with van der Waals surface area (Å²) < 4.78 is 1.02. The maximum Gasteiger partial charge on any atom is 0.0624 e. The van der Waals surface area contributed by atoms with Crippen LogP contribution in [0.15, 0.2) is 28.7 Å². The molecule has 0 bridgehead atoms. The zero-order valence-corrected chi connectivity index (χ0v) is 13.9. The minimum Gasteiger partial charge on any atom is -0.392 e. The molecule has 3 unspecified atom stereocenters. The molecular formula is C16H26BrNO. The van der Waals surface area contributed by atoms with Gasteiger partial charge >= 0.3 is 0 Å².